The second-order valence-corrected chi connectivity index (χ2v) is 7.21. The van der Waals surface area contributed by atoms with Gasteiger partial charge in [-0.1, -0.05) is 12.1 Å². The van der Waals surface area contributed by atoms with Crippen molar-refractivity contribution in [1.82, 2.24) is 4.31 Å². The monoisotopic (exact) mass is 281 g/mol. The lowest BCUT2D eigenvalue weighted by Gasteiger charge is -2.34. The van der Waals surface area contributed by atoms with E-state index in [0.717, 1.165) is 0 Å². The highest BCUT2D eigenvalue weighted by Crippen LogP contribution is 2.39. The Labute approximate surface area is 112 Å². The van der Waals surface area contributed by atoms with Crippen LogP contribution in [-0.4, -0.2) is 43.5 Å². The lowest BCUT2D eigenvalue weighted by molar-refractivity contribution is 0.0499. The summed E-state index contributed by atoms with van der Waals surface area (Å²) in [4.78, 5) is 12.2. The first-order valence-corrected chi connectivity index (χ1v) is 8.01. The van der Waals surface area contributed by atoms with Crippen LogP contribution in [0, 0.1) is 0 Å². The number of benzene rings is 1. The lowest BCUT2D eigenvalue weighted by Crippen LogP contribution is -2.45. The number of ether oxygens (including phenoxy) is 1. The van der Waals surface area contributed by atoms with Crippen molar-refractivity contribution in [3.63, 3.8) is 0 Å². The number of hydrogen-bond acceptors (Lipinski definition) is 4. The molecule has 2 aliphatic rings. The maximum absolute atomic E-state index is 12.2. The van der Waals surface area contributed by atoms with Gasteiger partial charge in [0.25, 0.3) is 0 Å². The minimum Gasteiger partial charge on any atom is -0.485 e. The number of Topliss-reactive ketones (excluding diaryl/α,β-unsaturated/α-hetero) is 1. The smallest absolute Gasteiger partial charge is 0.211 e. The molecule has 2 heterocycles. The third kappa shape index (κ3) is 2.15. The molecule has 102 valence electrons. The van der Waals surface area contributed by atoms with E-state index in [4.69, 9.17) is 4.74 Å². The molecular weight excluding hydrogens is 266 g/mol. The molecule has 6 heteroatoms. The zero-order valence-electron chi connectivity index (χ0n) is 10.6. The zero-order chi connectivity index (χ0) is 13.7. The molecule has 0 saturated carbocycles. The molecule has 2 aliphatic heterocycles. The third-order valence-corrected chi connectivity index (χ3v) is 5.00. The number of carbonyl (C=O) groups is 1. The van der Waals surface area contributed by atoms with E-state index in [1.165, 1.54) is 10.6 Å². The molecule has 1 unspecified atom stereocenters. The van der Waals surface area contributed by atoms with Crippen LogP contribution in [0.15, 0.2) is 24.3 Å². The van der Waals surface area contributed by atoms with Gasteiger partial charge in [0.1, 0.15) is 11.4 Å². The van der Waals surface area contributed by atoms with Crippen molar-refractivity contribution in [3.05, 3.63) is 29.8 Å². The molecule has 19 heavy (non-hydrogen) atoms. The Morgan fingerprint density at radius 3 is 2.74 bits per heavy atom. The fraction of sp³-hybridized carbons (Fsp3) is 0.462. The lowest BCUT2D eigenvalue weighted by atomic mass is 9.89. The van der Waals surface area contributed by atoms with Crippen LogP contribution in [0.4, 0.5) is 0 Å². The van der Waals surface area contributed by atoms with Crippen molar-refractivity contribution in [2.24, 2.45) is 0 Å². The van der Waals surface area contributed by atoms with Gasteiger partial charge >= 0.3 is 0 Å². The first-order chi connectivity index (χ1) is 8.90. The van der Waals surface area contributed by atoms with Crippen molar-refractivity contribution in [1.29, 1.82) is 0 Å². The predicted octanol–water partition coefficient (Wildman–Crippen LogP) is 1.06. The Bertz CT molecular complexity index is 640. The Hall–Kier alpha value is -1.40. The van der Waals surface area contributed by atoms with E-state index in [9.17, 15) is 13.2 Å². The van der Waals surface area contributed by atoms with Crippen molar-refractivity contribution in [2.45, 2.75) is 18.4 Å². The first-order valence-electron chi connectivity index (χ1n) is 6.16. The molecule has 0 aromatic heterocycles. The average Bonchev–Trinajstić information content (AvgIpc) is 2.72. The number of hydrogen-bond donors (Lipinski definition) is 0. The second-order valence-electron chi connectivity index (χ2n) is 5.23. The number of rotatable bonds is 1. The average molecular weight is 281 g/mol. The van der Waals surface area contributed by atoms with Gasteiger partial charge in [0.05, 0.1) is 24.8 Å². The molecule has 5 nitrogen and oxygen atoms in total. The Morgan fingerprint density at radius 1 is 1.32 bits per heavy atom. The standard InChI is InChI=1S/C13H15NO4S/c1-19(16,17)14-7-6-13(9-14)8-11(15)10-4-2-3-5-12(10)18-13/h2-5H,6-9H2,1H3. The van der Waals surface area contributed by atoms with E-state index in [-0.39, 0.29) is 18.7 Å². The van der Waals surface area contributed by atoms with Crippen molar-refractivity contribution in [3.8, 4) is 5.75 Å². The van der Waals surface area contributed by atoms with Gasteiger partial charge in [-0.2, -0.15) is 4.31 Å². The molecule has 1 aromatic carbocycles. The summed E-state index contributed by atoms with van der Waals surface area (Å²) in [6.45, 7) is 0.667. The van der Waals surface area contributed by atoms with E-state index < -0.39 is 15.6 Å². The van der Waals surface area contributed by atoms with Crippen molar-refractivity contribution < 1.29 is 17.9 Å². The molecular formula is C13H15NO4S. The number of sulfonamides is 1. The second kappa shape index (κ2) is 4.05. The largest absolute Gasteiger partial charge is 0.485 e. The van der Waals surface area contributed by atoms with E-state index in [1.54, 1.807) is 18.2 Å². The minimum atomic E-state index is -3.23. The van der Waals surface area contributed by atoms with Crippen LogP contribution < -0.4 is 4.74 Å². The van der Waals surface area contributed by atoms with E-state index in [1.807, 2.05) is 6.07 Å². The van der Waals surface area contributed by atoms with Gasteiger partial charge in [-0.3, -0.25) is 4.79 Å². The van der Waals surface area contributed by atoms with Crippen LogP contribution in [-0.2, 0) is 10.0 Å². The maximum atomic E-state index is 12.2. The quantitative estimate of drug-likeness (QED) is 0.772. The highest BCUT2D eigenvalue weighted by Gasteiger charge is 2.47. The summed E-state index contributed by atoms with van der Waals surface area (Å²) in [7, 11) is -3.23. The molecule has 0 bridgehead atoms. The van der Waals surface area contributed by atoms with Gasteiger partial charge in [-0.25, -0.2) is 8.42 Å². The minimum absolute atomic E-state index is 0.0252. The highest BCUT2D eigenvalue weighted by atomic mass is 32.2. The Morgan fingerprint density at radius 2 is 2.05 bits per heavy atom. The molecule has 0 aliphatic carbocycles. The van der Waals surface area contributed by atoms with Crippen LogP contribution in [0.2, 0.25) is 0 Å². The SMILES string of the molecule is CS(=O)(=O)N1CCC2(CC(=O)c3ccccc3O2)C1. The molecule has 0 N–H and O–H groups in total. The van der Waals surface area contributed by atoms with Crippen molar-refractivity contribution in [2.75, 3.05) is 19.3 Å². The number of para-hydroxylation sites is 1. The van der Waals surface area contributed by atoms with Gasteiger partial charge in [0.2, 0.25) is 10.0 Å². The Balaban J connectivity index is 1.92. The highest BCUT2D eigenvalue weighted by molar-refractivity contribution is 7.88. The zero-order valence-corrected chi connectivity index (χ0v) is 11.4. The third-order valence-electron chi connectivity index (χ3n) is 3.75. The van der Waals surface area contributed by atoms with Gasteiger partial charge in [0, 0.05) is 13.0 Å². The molecule has 0 amide bonds. The first kappa shape index (κ1) is 12.6. The fourth-order valence-corrected chi connectivity index (χ4v) is 3.65. The molecule has 1 spiro atoms. The number of carbonyl (C=O) groups excluding carboxylic acids is 1. The summed E-state index contributed by atoms with van der Waals surface area (Å²) in [5.41, 5.74) is -0.0972. The van der Waals surface area contributed by atoms with E-state index in [2.05, 4.69) is 0 Å². The van der Waals surface area contributed by atoms with Gasteiger partial charge in [-0.05, 0) is 12.1 Å². The summed E-state index contributed by atoms with van der Waals surface area (Å²) in [5.74, 6) is 0.589. The van der Waals surface area contributed by atoms with Gasteiger partial charge in [-0.15, -0.1) is 0 Å². The molecule has 1 saturated heterocycles. The summed E-state index contributed by atoms with van der Waals surface area (Å²) < 4.78 is 30.5. The van der Waals surface area contributed by atoms with Gasteiger partial charge < -0.3 is 4.74 Å². The van der Waals surface area contributed by atoms with Crippen LogP contribution in [0.1, 0.15) is 23.2 Å². The Kier molecular flexibility index (Phi) is 2.69. The van der Waals surface area contributed by atoms with Crippen LogP contribution >= 0.6 is 0 Å². The summed E-state index contributed by atoms with van der Waals surface area (Å²) in [5, 5.41) is 0. The van der Waals surface area contributed by atoms with Gasteiger partial charge in [0.15, 0.2) is 5.78 Å². The molecule has 1 atom stereocenters. The fourth-order valence-electron chi connectivity index (χ4n) is 2.76. The molecule has 1 fully saturated rings. The molecule has 3 rings (SSSR count). The summed E-state index contributed by atoms with van der Waals surface area (Å²) >= 11 is 0. The van der Waals surface area contributed by atoms with Crippen LogP contribution in [0.5, 0.6) is 5.75 Å². The maximum Gasteiger partial charge on any atom is 0.211 e. The number of nitrogens with zero attached hydrogens (tertiary/aromatic N) is 1. The number of fused-ring (bicyclic) bond motifs is 1. The topological polar surface area (TPSA) is 63.7 Å². The molecule has 0 radical (unpaired) electrons. The van der Waals surface area contributed by atoms with E-state index in [0.29, 0.717) is 24.3 Å². The summed E-state index contributed by atoms with van der Waals surface area (Å²) in [6, 6.07) is 7.12. The van der Waals surface area contributed by atoms with E-state index >= 15 is 0 Å². The normalized spacial score (nSPS) is 27.3. The number of ketones is 1. The van der Waals surface area contributed by atoms with Crippen molar-refractivity contribution >= 4 is 15.8 Å². The predicted molar refractivity (Wildman–Crippen MR) is 69.8 cm³/mol. The van der Waals surface area contributed by atoms with Crippen LogP contribution in [0.25, 0.3) is 0 Å². The van der Waals surface area contributed by atoms with Crippen LogP contribution in [0.3, 0.4) is 0 Å². The molecule has 1 aromatic rings. The summed E-state index contributed by atoms with van der Waals surface area (Å²) in [6.07, 6.45) is 1.99.